The molecule has 2 fully saturated rings. The first-order chi connectivity index (χ1) is 15.4. The van der Waals surface area contributed by atoms with Crippen LogP contribution in [0.2, 0.25) is 0 Å². The van der Waals surface area contributed by atoms with Crippen molar-refractivity contribution in [3.63, 3.8) is 0 Å². The standard InChI is InChI=1S/C24H29N5O3/c1-28-15-26-20-11-17(7-8-21(20)28)22(30)29-10-9-24(14-29,23(25)31)13-18-12-19(27-32-18)16-5-3-2-4-6-16/h7-8,11-12,15-16H,2-6,9-10,13-14H2,1H3,(H2,25,31)/t24-/m0/s1. The van der Waals surface area contributed by atoms with Gasteiger partial charge in [-0.25, -0.2) is 4.98 Å². The maximum Gasteiger partial charge on any atom is 0.253 e. The van der Waals surface area contributed by atoms with E-state index in [9.17, 15) is 9.59 Å². The Hall–Kier alpha value is -3.16. The average Bonchev–Trinajstić information content (AvgIpc) is 3.54. The zero-order chi connectivity index (χ0) is 22.3. The third kappa shape index (κ3) is 3.67. The highest BCUT2D eigenvalue weighted by Crippen LogP contribution is 2.37. The highest BCUT2D eigenvalue weighted by atomic mass is 16.5. The fourth-order valence-electron chi connectivity index (χ4n) is 5.27. The predicted octanol–water partition coefficient (Wildman–Crippen LogP) is 3.17. The molecule has 8 nitrogen and oxygen atoms in total. The maximum absolute atomic E-state index is 13.2. The summed E-state index contributed by atoms with van der Waals surface area (Å²) < 4.78 is 7.53. The van der Waals surface area contributed by atoms with E-state index in [1.54, 1.807) is 17.3 Å². The van der Waals surface area contributed by atoms with Crippen LogP contribution in [0.4, 0.5) is 0 Å². The maximum atomic E-state index is 13.2. The summed E-state index contributed by atoms with van der Waals surface area (Å²) in [5.41, 5.74) is 8.30. The largest absolute Gasteiger partial charge is 0.369 e. The molecule has 1 saturated carbocycles. The molecule has 1 aliphatic carbocycles. The summed E-state index contributed by atoms with van der Waals surface area (Å²) in [5, 5.41) is 4.29. The van der Waals surface area contributed by atoms with E-state index in [1.165, 1.54) is 19.3 Å². The van der Waals surface area contributed by atoms with E-state index in [0.717, 1.165) is 29.6 Å². The Kier molecular flexibility index (Phi) is 5.23. The third-order valence-corrected chi connectivity index (χ3v) is 7.25. The molecule has 1 saturated heterocycles. The lowest BCUT2D eigenvalue weighted by atomic mass is 9.81. The first-order valence-corrected chi connectivity index (χ1v) is 11.4. The number of likely N-dealkylation sites (tertiary alicyclic amines) is 1. The molecule has 5 rings (SSSR count). The van der Waals surface area contributed by atoms with Gasteiger partial charge < -0.3 is 19.7 Å². The zero-order valence-electron chi connectivity index (χ0n) is 18.4. The minimum atomic E-state index is -0.839. The minimum absolute atomic E-state index is 0.110. The van der Waals surface area contributed by atoms with E-state index in [0.29, 0.717) is 36.6 Å². The number of rotatable bonds is 5. The number of benzene rings is 1. The highest BCUT2D eigenvalue weighted by molar-refractivity contribution is 5.98. The lowest BCUT2D eigenvalue weighted by molar-refractivity contribution is -0.127. The van der Waals surface area contributed by atoms with Crippen LogP contribution in [0.1, 0.15) is 66.3 Å². The fraction of sp³-hybridized carbons (Fsp3) is 0.500. The summed E-state index contributed by atoms with van der Waals surface area (Å²) in [6.07, 6.45) is 8.60. The van der Waals surface area contributed by atoms with Gasteiger partial charge in [-0.1, -0.05) is 24.4 Å². The minimum Gasteiger partial charge on any atom is -0.369 e. The lowest BCUT2D eigenvalue weighted by Crippen LogP contribution is -2.42. The second-order valence-electron chi connectivity index (χ2n) is 9.41. The monoisotopic (exact) mass is 435 g/mol. The number of aromatic nitrogens is 3. The molecule has 3 aromatic rings. The third-order valence-electron chi connectivity index (χ3n) is 7.25. The molecule has 0 radical (unpaired) electrons. The van der Waals surface area contributed by atoms with Crippen molar-refractivity contribution in [1.82, 2.24) is 19.6 Å². The number of fused-ring (bicyclic) bond motifs is 1. The molecule has 2 amide bonds. The van der Waals surface area contributed by atoms with Crippen molar-refractivity contribution < 1.29 is 14.1 Å². The molecular weight excluding hydrogens is 406 g/mol. The van der Waals surface area contributed by atoms with Crippen molar-refractivity contribution >= 4 is 22.8 Å². The molecule has 2 N–H and O–H groups in total. The van der Waals surface area contributed by atoms with Crippen molar-refractivity contribution in [2.24, 2.45) is 18.2 Å². The predicted molar refractivity (Wildman–Crippen MR) is 119 cm³/mol. The number of nitrogens with two attached hydrogens (primary N) is 1. The van der Waals surface area contributed by atoms with Crippen LogP contribution < -0.4 is 5.73 Å². The van der Waals surface area contributed by atoms with Gasteiger partial charge in [-0.05, 0) is 37.5 Å². The Balaban J connectivity index is 1.32. The molecule has 1 aromatic carbocycles. The van der Waals surface area contributed by atoms with Gasteiger partial charge in [-0.2, -0.15) is 0 Å². The van der Waals surface area contributed by atoms with Gasteiger partial charge in [0.15, 0.2) is 0 Å². The van der Waals surface area contributed by atoms with E-state index < -0.39 is 11.3 Å². The van der Waals surface area contributed by atoms with Crippen LogP contribution in [0.5, 0.6) is 0 Å². The summed E-state index contributed by atoms with van der Waals surface area (Å²) in [4.78, 5) is 31.8. The number of imidazole rings is 1. The Morgan fingerprint density at radius 2 is 2.03 bits per heavy atom. The molecule has 32 heavy (non-hydrogen) atoms. The molecule has 0 spiro atoms. The number of aryl methyl sites for hydroxylation is 1. The van der Waals surface area contributed by atoms with Gasteiger partial charge >= 0.3 is 0 Å². The smallest absolute Gasteiger partial charge is 0.253 e. The zero-order valence-corrected chi connectivity index (χ0v) is 18.4. The van der Waals surface area contributed by atoms with Crippen LogP contribution in [0.15, 0.2) is 35.1 Å². The van der Waals surface area contributed by atoms with E-state index in [1.807, 2.05) is 29.8 Å². The van der Waals surface area contributed by atoms with Crippen molar-refractivity contribution in [3.8, 4) is 0 Å². The topological polar surface area (TPSA) is 107 Å². The number of carbonyl (C=O) groups excluding carboxylic acids is 2. The van der Waals surface area contributed by atoms with Gasteiger partial charge in [0.2, 0.25) is 5.91 Å². The summed E-state index contributed by atoms with van der Waals surface area (Å²) in [6, 6.07) is 7.49. The first kappa shape index (κ1) is 20.7. The summed E-state index contributed by atoms with van der Waals surface area (Å²) in [7, 11) is 1.92. The Bertz CT molecular complexity index is 1160. The molecule has 168 valence electrons. The van der Waals surface area contributed by atoms with Crippen molar-refractivity contribution in [2.75, 3.05) is 13.1 Å². The molecule has 1 atom stereocenters. The number of carbonyl (C=O) groups is 2. The molecule has 2 aromatic heterocycles. The van der Waals surface area contributed by atoms with Crippen LogP contribution >= 0.6 is 0 Å². The van der Waals surface area contributed by atoms with Crippen molar-refractivity contribution in [2.45, 2.75) is 50.9 Å². The molecule has 2 aliphatic rings. The second-order valence-corrected chi connectivity index (χ2v) is 9.41. The van der Waals surface area contributed by atoms with Crippen LogP contribution in [-0.4, -0.2) is 44.5 Å². The van der Waals surface area contributed by atoms with Crippen LogP contribution in [0.3, 0.4) is 0 Å². The molecule has 3 heterocycles. The normalized spacial score (nSPS) is 22.0. The van der Waals surface area contributed by atoms with Crippen molar-refractivity contribution in [1.29, 1.82) is 0 Å². The van der Waals surface area contributed by atoms with Gasteiger partial charge in [-0.3, -0.25) is 9.59 Å². The second kappa shape index (κ2) is 8.07. The van der Waals surface area contributed by atoms with Gasteiger partial charge in [-0.15, -0.1) is 0 Å². The van der Waals surface area contributed by atoms with Gasteiger partial charge in [0.05, 0.1) is 28.5 Å². The molecule has 0 unspecified atom stereocenters. The number of hydrogen-bond acceptors (Lipinski definition) is 5. The molecule has 8 heteroatoms. The summed E-state index contributed by atoms with van der Waals surface area (Å²) in [5.74, 6) is 0.604. The highest BCUT2D eigenvalue weighted by Gasteiger charge is 2.46. The molecule has 1 aliphatic heterocycles. The van der Waals surface area contributed by atoms with E-state index in [4.69, 9.17) is 10.3 Å². The van der Waals surface area contributed by atoms with Crippen LogP contribution in [0, 0.1) is 5.41 Å². The number of amides is 2. The Morgan fingerprint density at radius 3 is 2.81 bits per heavy atom. The fourth-order valence-corrected chi connectivity index (χ4v) is 5.27. The first-order valence-electron chi connectivity index (χ1n) is 11.4. The summed E-state index contributed by atoms with van der Waals surface area (Å²) in [6.45, 7) is 0.756. The van der Waals surface area contributed by atoms with E-state index in [-0.39, 0.29) is 12.5 Å². The van der Waals surface area contributed by atoms with Crippen LogP contribution in [0.25, 0.3) is 11.0 Å². The Morgan fingerprint density at radius 1 is 1.22 bits per heavy atom. The summed E-state index contributed by atoms with van der Waals surface area (Å²) >= 11 is 0. The van der Waals surface area contributed by atoms with Gasteiger partial charge in [0.1, 0.15) is 5.76 Å². The molecular formula is C24H29N5O3. The Labute approximate surface area is 186 Å². The molecule has 0 bridgehead atoms. The quantitative estimate of drug-likeness (QED) is 0.662. The SMILES string of the molecule is Cn1cnc2cc(C(=O)N3CC[C@@](Cc4cc(C5CCCCC5)no4)(C(N)=O)C3)ccc21. The van der Waals surface area contributed by atoms with E-state index >= 15 is 0 Å². The van der Waals surface area contributed by atoms with Crippen LogP contribution in [-0.2, 0) is 18.3 Å². The number of primary amides is 1. The average molecular weight is 436 g/mol. The number of nitrogens with zero attached hydrogens (tertiary/aromatic N) is 4. The number of hydrogen-bond donors (Lipinski definition) is 1. The van der Waals surface area contributed by atoms with Gasteiger partial charge in [0.25, 0.3) is 5.91 Å². The van der Waals surface area contributed by atoms with Crippen molar-refractivity contribution in [3.05, 3.63) is 47.6 Å². The van der Waals surface area contributed by atoms with E-state index in [2.05, 4.69) is 10.1 Å². The lowest BCUT2D eigenvalue weighted by Gasteiger charge is -2.24. The van der Waals surface area contributed by atoms with Gasteiger partial charge in [0, 0.05) is 44.1 Å².